The molecule has 0 radical (unpaired) electrons. The molecule has 0 aliphatic rings. The summed E-state index contributed by atoms with van der Waals surface area (Å²) < 4.78 is 5.12. The van der Waals surface area contributed by atoms with Crippen LogP contribution in [-0.2, 0) is 20.7 Å². The lowest BCUT2D eigenvalue weighted by Gasteiger charge is -2.14. The van der Waals surface area contributed by atoms with Crippen molar-refractivity contribution in [2.45, 2.75) is 19.4 Å². The number of primary amides is 1. The minimum atomic E-state index is -0.981. The largest absolute Gasteiger partial charge is 0.452 e. The van der Waals surface area contributed by atoms with E-state index >= 15 is 0 Å². The Bertz CT molecular complexity index is 790. The molecule has 25 heavy (non-hydrogen) atoms. The van der Waals surface area contributed by atoms with E-state index in [2.05, 4.69) is 5.32 Å². The fourth-order valence-electron chi connectivity index (χ4n) is 2.05. The van der Waals surface area contributed by atoms with Crippen molar-refractivity contribution in [3.63, 3.8) is 0 Å². The summed E-state index contributed by atoms with van der Waals surface area (Å²) in [6.45, 7) is 1.47. The molecule has 0 saturated heterocycles. The average molecular weight is 361 g/mol. The summed E-state index contributed by atoms with van der Waals surface area (Å²) in [6, 6.07) is 13.0. The maximum absolute atomic E-state index is 12.1. The Hall–Kier alpha value is -2.86. The SMILES string of the molecule is C[C@H](OC(=O)Cc1ccccc1Cl)C(=O)Nc1ccc(C(N)=O)cc1. The van der Waals surface area contributed by atoms with Crippen LogP contribution in [0.3, 0.4) is 0 Å². The van der Waals surface area contributed by atoms with Crippen LogP contribution in [0.4, 0.5) is 5.69 Å². The lowest BCUT2D eigenvalue weighted by Crippen LogP contribution is -2.30. The van der Waals surface area contributed by atoms with Gasteiger partial charge in [0, 0.05) is 16.3 Å². The molecule has 2 rings (SSSR count). The summed E-state index contributed by atoms with van der Waals surface area (Å²) in [7, 11) is 0. The Kier molecular flexibility index (Phi) is 6.14. The van der Waals surface area contributed by atoms with Crippen LogP contribution in [0, 0.1) is 0 Å². The topological polar surface area (TPSA) is 98.5 Å². The summed E-state index contributed by atoms with van der Waals surface area (Å²) in [4.78, 5) is 35.0. The number of nitrogens with one attached hydrogen (secondary N) is 1. The first-order valence-corrected chi connectivity index (χ1v) is 7.88. The van der Waals surface area contributed by atoms with E-state index < -0.39 is 23.9 Å². The van der Waals surface area contributed by atoms with Crippen molar-refractivity contribution >= 4 is 35.1 Å². The number of carbonyl (C=O) groups is 3. The molecule has 0 fully saturated rings. The van der Waals surface area contributed by atoms with E-state index in [1.165, 1.54) is 31.2 Å². The van der Waals surface area contributed by atoms with E-state index in [1.54, 1.807) is 24.3 Å². The molecule has 3 N–H and O–H groups in total. The Morgan fingerprint density at radius 1 is 1.12 bits per heavy atom. The van der Waals surface area contributed by atoms with Crippen molar-refractivity contribution in [1.82, 2.24) is 0 Å². The van der Waals surface area contributed by atoms with E-state index in [1.807, 2.05) is 0 Å². The number of hydrogen-bond acceptors (Lipinski definition) is 4. The van der Waals surface area contributed by atoms with Crippen LogP contribution in [0.1, 0.15) is 22.8 Å². The van der Waals surface area contributed by atoms with Crippen molar-refractivity contribution in [3.05, 3.63) is 64.7 Å². The molecule has 1 atom stereocenters. The third-order valence-electron chi connectivity index (χ3n) is 3.41. The highest BCUT2D eigenvalue weighted by Crippen LogP contribution is 2.16. The highest BCUT2D eigenvalue weighted by molar-refractivity contribution is 6.31. The lowest BCUT2D eigenvalue weighted by atomic mass is 10.1. The van der Waals surface area contributed by atoms with Crippen LogP contribution >= 0.6 is 11.6 Å². The van der Waals surface area contributed by atoms with Crippen molar-refractivity contribution in [2.75, 3.05) is 5.32 Å². The normalized spacial score (nSPS) is 11.4. The molecule has 0 unspecified atom stereocenters. The molecule has 0 bridgehead atoms. The number of hydrogen-bond donors (Lipinski definition) is 2. The second kappa shape index (κ2) is 8.30. The Balaban J connectivity index is 1.90. The number of nitrogens with two attached hydrogens (primary N) is 1. The van der Waals surface area contributed by atoms with Crippen LogP contribution in [0.15, 0.2) is 48.5 Å². The van der Waals surface area contributed by atoms with Crippen molar-refractivity contribution in [3.8, 4) is 0 Å². The van der Waals surface area contributed by atoms with Gasteiger partial charge in [0.05, 0.1) is 6.42 Å². The highest BCUT2D eigenvalue weighted by Gasteiger charge is 2.19. The van der Waals surface area contributed by atoms with Crippen molar-refractivity contribution < 1.29 is 19.1 Å². The zero-order valence-corrected chi connectivity index (χ0v) is 14.2. The summed E-state index contributed by atoms with van der Waals surface area (Å²) in [5, 5.41) is 3.06. The number of ether oxygens (including phenoxy) is 1. The molecule has 2 aromatic carbocycles. The number of esters is 1. The van der Waals surface area contributed by atoms with Crippen LogP contribution in [0.25, 0.3) is 0 Å². The van der Waals surface area contributed by atoms with Crippen molar-refractivity contribution in [1.29, 1.82) is 0 Å². The predicted molar refractivity (Wildman–Crippen MR) is 94.3 cm³/mol. The highest BCUT2D eigenvalue weighted by atomic mass is 35.5. The predicted octanol–water partition coefficient (Wildman–Crippen LogP) is 2.55. The third kappa shape index (κ3) is 5.32. The zero-order chi connectivity index (χ0) is 18.4. The maximum atomic E-state index is 12.1. The number of carbonyl (C=O) groups excluding carboxylic acids is 3. The number of benzene rings is 2. The number of anilines is 1. The summed E-state index contributed by atoms with van der Waals surface area (Å²) in [6.07, 6.45) is -1.00. The van der Waals surface area contributed by atoms with Gasteiger partial charge in [-0.15, -0.1) is 0 Å². The fourth-order valence-corrected chi connectivity index (χ4v) is 2.25. The molecule has 130 valence electrons. The first-order chi connectivity index (χ1) is 11.9. The van der Waals surface area contributed by atoms with E-state index in [9.17, 15) is 14.4 Å². The number of amides is 2. The second-order valence-electron chi connectivity index (χ2n) is 5.33. The lowest BCUT2D eigenvalue weighted by molar-refractivity contribution is -0.152. The van der Waals surface area contributed by atoms with E-state index in [-0.39, 0.29) is 6.42 Å². The van der Waals surface area contributed by atoms with Crippen LogP contribution in [-0.4, -0.2) is 23.9 Å². The molecule has 6 nitrogen and oxygen atoms in total. The molecule has 0 aliphatic heterocycles. The summed E-state index contributed by atoms with van der Waals surface area (Å²) >= 11 is 5.99. The fraction of sp³-hybridized carbons (Fsp3) is 0.167. The molecule has 0 heterocycles. The quantitative estimate of drug-likeness (QED) is 0.773. The molecule has 2 amide bonds. The van der Waals surface area contributed by atoms with E-state index in [0.717, 1.165) is 0 Å². The first kappa shape index (κ1) is 18.5. The molecule has 0 aliphatic carbocycles. The zero-order valence-electron chi connectivity index (χ0n) is 13.5. The van der Waals surface area contributed by atoms with Gasteiger partial charge in [-0.1, -0.05) is 29.8 Å². The van der Waals surface area contributed by atoms with Gasteiger partial charge in [0.2, 0.25) is 5.91 Å². The number of halogens is 1. The van der Waals surface area contributed by atoms with Gasteiger partial charge >= 0.3 is 5.97 Å². The van der Waals surface area contributed by atoms with Gasteiger partial charge in [-0.25, -0.2) is 0 Å². The van der Waals surface area contributed by atoms with Gasteiger partial charge in [0.15, 0.2) is 6.10 Å². The minimum Gasteiger partial charge on any atom is -0.452 e. The molecule has 0 saturated carbocycles. The molecule has 0 spiro atoms. The Morgan fingerprint density at radius 3 is 2.36 bits per heavy atom. The smallest absolute Gasteiger partial charge is 0.311 e. The third-order valence-corrected chi connectivity index (χ3v) is 3.78. The second-order valence-corrected chi connectivity index (χ2v) is 5.74. The van der Waals surface area contributed by atoms with E-state index in [0.29, 0.717) is 21.8 Å². The van der Waals surface area contributed by atoms with Gasteiger partial charge in [0.1, 0.15) is 0 Å². The standard InChI is InChI=1S/C18H17ClN2O4/c1-11(25-16(22)10-13-4-2-3-5-15(13)19)18(24)21-14-8-6-12(7-9-14)17(20)23/h2-9,11H,10H2,1H3,(H2,20,23)(H,21,24)/t11-/m0/s1. The van der Waals surface area contributed by atoms with E-state index in [4.69, 9.17) is 22.1 Å². The molecular weight excluding hydrogens is 344 g/mol. The molecular formula is C18H17ClN2O4. The Morgan fingerprint density at radius 2 is 1.76 bits per heavy atom. The van der Waals surface area contributed by atoms with Gasteiger partial charge < -0.3 is 15.8 Å². The summed E-state index contributed by atoms with van der Waals surface area (Å²) in [5.74, 6) is -1.60. The average Bonchev–Trinajstić information content (AvgIpc) is 2.57. The van der Waals surface area contributed by atoms with Crippen LogP contribution in [0.5, 0.6) is 0 Å². The molecule has 2 aromatic rings. The molecule has 0 aromatic heterocycles. The van der Waals surface area contributed by atoms with Crippen LogP contribution < -0.4 is 11.1 Å². The van der Waals surface area contributed by atoms with Crippen LogP contribution in [0.2, 0.25) is 5.02 Å². The Labute approximate surface area is 149 Å². The van der Waals surface area contributed by atoms with Crippen molar-refractivity contribution in [2.24, 2.45) is 5.73 Å². The maximum Gasteiger partial charge on any atom is 0.311 e. The van der Waals surface area contributed by atoms with Gasteiger partial charge in [0.25, 0.3) is 5.91 Å². The summed E-state index contributed by atoms with van der Waals surface area (Å²) in [5.41, 5.74) is 6.57. The van der Waals surface area contributed by atoms with Gasteiger partial charge in [-0.2, -0.15) is 0 Å². The monoisotopic (exact) mass is 360 g/mol. The first-order valence-electron chi connectivity index (χ1n) is 7.50. The van der Waals surface area contributed by atoms with Gasteiger partial charge in [-0.3, -0.25) is 14.4 Å². The molecule has 7 heteroatoms. The van der Waals surface area contributed by atoms with Gasteiger partial charge in [-0.05, 0) is 42.8 Å². The minimum absolute atomic E-state index is 0.0232. The number of rotatable bonds is 6.